The summed E-state index contributed by atoms with van der Waals surface area (Å²) in [6.07, 6.45) is 4.17. The number of sulfonamides is 2. The van der Waals surface area contributed by atoms with Crippen molar-refractivity contribution in [2.24, 2.45) is 5.92 Å². The number of aromatic amines is 1. The molecule has 1 unspecified atom stereocenters. The molecule has 172 valence electrons. The second kappa shape index (κ2) is 8.53. The molecule has 9 heteroatoms. The summed E-state index contributed by atoms with van der Waals surface area (Å²) >= 11 is 0. The quantitative estimate of drug-likeness (QED) is 0.483. The SMILES string of the molecule is CC(C)CC(C)N(c1ccc2[nH]ccc2c1)S(=O)(=O)c1ccc(S(=O)(=O)NC2CC2)cc1. The Morgan fingerprint density at radius 3 is 2.25 bits per heavy atom. The van der Waals surface area contributed by atoms with Crippen molar-refractivity contribution < 1.29 is 16.8 Å². The van der Waals surface area contributed by atoms with Crippen LogP contribution in [0.1, 0.15) is 40.0 Å². The summed E-state index contributed by atoms with van der Waals surface area (Å²) in [5.74, 6) is 0.305. The van der Waals surface area contributed by atoms with Crippen LogP contribution in [0.2, 0.25) is 0 Å². The van der Waals surface area contributed by atoms with E-state index in [0.717, 1.165) is 23.7 Å². The lowest BCUT2D eigenvalue weighted by atomic mass is 10.0. The Bertz CT molecular complexity index is 1310. The summed E-state index contributed by atoms with van der Waals surface area (Å²) in [7, 11) is -7.56. The topological polar surface area (TPSA) is 99.3 Å². The van der Waals surface area contributed by atoms with Gasteiger partial charge in [0.05, 0.1) is 15.5 Å². The van der Waals surface area contributed by atoms with E-state index in [1.807, 2.05) is 31.3 Å². The maximum atomic E-state index is 13.7. The van der Waals surface area contributed by atoms with Crippen LogP contribution in [-0.2, 0) is 20.0 Å². The first kappa shape index (κ1) is 22.8. The maximum absolute atomic E-state index is 13.7. The van der Waals surface area contributed by atoms with Gasteiger partial charge in [0.2, 0.25) is 10.0 Å². The van der Waals surface area contributed by atoms with E-state index in [0.29, 0.717) is 18.0 Å². The lowest BCUT2D eigenvalue weighted by Gasteiger charge is -2.31. The molecule has 1 aromatic heterocycles. The second-order valence-electron chi connectivity index (χ2n) is 8.90. The van der Waals surface area contributed by atoms with Gasteiger partial charge in [-0.15, -0.1) is 0 Å². The standard InChI is InChI=1S/C23H29N3O4S2/c1-16(2)14-17(3)26(20-6-11-23-18(15-20)12-13-24-23)32(29,30)22-9-7-21(8-10-22)31(27,28)25-19-4-5-19/h6-13,15-17,19,24-25H,4-5,14H2,1-3H3. The first-order valence-electron chi connectivity index (χ1n) is 10.8. The van der Waals surface area contributed by atoms with E-state index in [4.69, 9.17) is 0 Å². The van der Waals surface area contributed by atoms with Crippen LogP contribution in [0.3, 0.4) is 0 Å². The summed E-state index contributed by atoms with van der Waals surface area (Å²) in [6, 6.07) is 12.6. The molecule has 1 atom stereocenters. The van der Waals surface area contributed by atoms with Gasteiger partial charge in [0, 0.05) is 29.2 Å². The first-order chi connectivity index (χ1) is 15.1. The molecule has 0 bridgehead atoms. The first-order valence-corrected chi connectivity index (χ1v) is 13.7. The van der Waals surface area contributed by atoms with Crippen LogP contribution in [0, 0.1) is 5.92 Å². The van der Waals surface area contributed by atoms with Crippen LogP contribution >= 0.6 is 0 Å². The van der Waals surface area contributed by atoms with Crippen molar-refractivity contribution in [3.05, 3.63) is 54.7 Å². The summed E-state index contributed by atoms with van der Waals surface area (Å²) in [5, 5.41) is 0.923. The fraction of sp³-hybridized carbons (Fsp3) is 0.391. The van der Waals surface area contributed by atoms with Gasteiger partial charge in [0.25, 0.3) is 10.0 Å². The third-order valence-electron chi connectivity index (χ3n) is 5.59. The van der Waals surface area contributed by atoms with Crippen molar-refractivity contribution in [2.75, 3.05) is 4.31 Å². The van der Waals surface area contributed by atoms with Gasteiger partial charge in [-0.05, 0) is 80.6 Å². The molecule has 0 amide bonds. The number of rotatable bonds is 9. The largest absolute Gasteiger partial charge is 0.361 e. The Balaban J connectivity index is 1.72. The Morgan fingerprint density at radius 2 is 1.62 bits per heavy atom. The average molecular weight is 476 g/mol. The zero-order valence-corrected chi connectivity index (χ0v) is 20.1. The number of hydrogen-bond acceptors (Lipinski definition) is 4. The van der Waals surface area contributed by atoms with Gasteiger partial charge < -0.3 is 4.98 Å². The van der Waals surface area contributed by atoms with E-state index in [-0.39, 0.29) is 21.9 Å². The molecule has 32 heavy (non-hydrogen) atoms. The maximum Gasteiger partial charge on any atom is 0.264 e. The van der Waals surface area contributed by atoms with E-state index in [2.05, 4.69) is 23.6 Å². The molecule has 0 saturated heterocycles. The summed E-state index contributed by atoms with van der Waals surface area (Å²) in [5.41, 5.74) is 1.51. The van der Waals surface area contributed by atoms with Crippen LogP contribution in [0.5, 0.6) is 0 Å². The summed E-state index contributed by atoms with van der Waals surface area (Å²) < 4.78 is 56.4. The number of nitrogens with zero attached hydrogens (tertiary/aromatic N) is 1. The molecule has 3 aromatic rings. The van der Waals surface area contributed by atoms with Gasteiger partial charge in [-0.1, -0.05) is 13.8 Å². The Hall–Kier alpha value is -2.36. The molecule has 0 radical (unpaired) electrons. The number of nitrogens with one attached hydrogen (secondary N) is 2. The normalized spacial score (nSPS) is 15.9. The minimum absolute atomic E-state index is 0.0147. The number of hydrogen-bond donors (Lipinski definition) is 2. The van der Waals surface area contributed by atoms with Gasteiger partial charge >= 0.3 is 0 Å². The highest BCUT2D eigenvalue weighted by Gasteiger charge is 2.31. The van der Waals surface area contributed by atoms with Crippen LogP contribution in [0.4, 0.5) is 5.69 Å². The molecular formula is C23H29N3O4S2. The van der Waals surface area contributed by atoms with Gasteiger partial charge in [-0.2, -0.15) is 0 Å². The lowest BCUT2D eigenvalue weighted by molar-refractivity contribution is 0.509. The van der Waals surface area contributed by atoms with E-state index >= 15 is 0 Å². The number of H-pyrrole nitrogens is 1. The minimum atomic E-state index is -3.92. The fourth-order valence-electron chi connectivity index (χ4n) is 3.98. The van der Waals surface area contributed by atoms with Crippen LogP contribution in [-0.4, -0.2) is 33.9 Å². The van der Waals surface area contributed by atoms with Gasteiger partial charge in [0.1, 0.15) is 0 Å². The molecule has 0 spiro atoms. The molecule has 7 nitrogen and oxygen atoms in total. The third kappa shape index (κ3) is 4.69. The van der Waals surface area contributed by atoms with Gasteiger partial charge in [0.15, 0.2) is 0 Å². The summed E-state index contributed by atoms with van der Waals surface area (Å²) in [6.45, 7) is 6.02. The lowest BCUT2D eigenvalue weighted by Crippen LogP contribution is -2.39. The second-order valence-corrected chi connectivity index (χ2v) is 12.4. The molecule has 4 rings (SSSR count). The number of fused-ring (bicyclic) bond motifs is 1. The predicted octanol–water partition coefficient (Wildman–Crippen LogP) is 4.24. The van der Waals surface area contributed by atoms with Crippen molar-refractivity contribution in [3.63, 3.8) is 0 Å². The predicted molar refractivity (Wildman–Crippen MR) is 127 cm³/mol. The number of anilines is 1. The van der Waals surface area contributed by atoms with E-state index in [1.54, 1.807) is 6.07 Å². The molecule has 1 aliphatic carbocycles. The van der Waals surface area contributed by atoms with Crippen LogP contribution in [0.25, 0.3) is 10.9 Å². The molecule has 0 aliphatic heterocycles. The highest BCUT2D eigenvalue weighted by molar-refractivity contribution is 7.93. The van der Waals surface area contributed by atoms with Crippen molar-refractivity contribution in [3.8, 4) is 0 Å². The van der Waals surface area contributed by atoms with Crippen molar-refractivity contribution in [2.45, 2.75) is 61.9 Å². The van der Waals surface area contributed by atoms with Crippen LogP contribution < -0.4 is 9.03 Å². The number of aromatic nitrogens is 1. The van der Waals surface area contributed by atoms with Crippen molar-refractivity contribution in [1.82, 2.24) is 9.71 Å². The molecule has 1 saturated carbocycles. The van der Waals surface area contributed by atoms with Crippen LogP contribution in [0.15, 0.2) is 64.5 Å². The molecule has 1 aliphatic rings. The van der Waals surface area contributed by atoms with Gasteiger partial charge in [-0.25, -0.2) is 21.6 Å². The van der Waals surface area contributed by atoms with E-state index in [9.17, 15) is 16.8 Å². The third-order valence-corrected chi connectivity index (χ3v) is 9.09. The monoisotopic (exact) mass is 475 g/mol. The molecule has 2 aromatic carbocycles. The molecule has 1 heterocycles. The van der Waals surface area contributed by atoms with Crippen molar-refractivity contribution in [1.29, 1.82) is 0 Å². The fourth-order valence-corrected chi connectivity index (χ4v) is 6.94. The Labute approximate surface area is 189 Å². The molecular weight excluding hydrogens is 446 g/mol. The highest BCUT2D eigenvalue weighted by atomic mass is 32.2. The Kier molecular flexibility index (Phi) is 6.08. The smallest absolute Gasteiger partial charge is 0.264 e. The Morgan fingerprint density at radius 1 is 0.969 bits per heavy atom. The number of benzene rings is 2. The highest BCUT2D eigenvalue weighted by Crippen LogP contribution is 2.31. The zero-order valence-electron chi connectivity index (χ0n) is 18.4. The van der Waals surface area contributed by atoms with E-state index < -0.39 is 20.0 Å². The average Bonchev–Trinajstić information content (AvgIpc) is 3.39. The van der Waals surface area contributed by atoms with E-state index in [1.165, 1.54) is 28.6 Å². The zero-order chi connectivity index (χ0) is 23.1. The molecule has 2 N–H and O–H groups in total. The molecule has 1 fully saturated rings. The minimum Gasteiger partial charge on any atom is -0.361 e. The van der Waals surface area contributed by atoms with Crippen molar-refractivity contribution >= 4 is 36.6 Å². The van der Waals surface area contributed by atoms with Gasteiger partial charge in [-0.3, -0.25) is 4.31 Å². The summed E-state index contributed by atoms with van der Waals surface area (Å²) in [4.78, 5) is 3.26.